The van der Waals surface area contributed by atoms with Crippen LogP contribution < -0.4 is 10.8 Å². The summed E-state index contributed by atoms with van der Waals surface area (Å²) in [7, 11) is -0.357. The van der Waals surface area contributed by atoms with Gasteiger partial charge in [0.05, 0.1) is 11.2 Å². The van der Waals surface area contributed by atoms with Crippen molar-refractivity contribution in [1.29, 1.82) is 0 Å². The molecule has 0 bridgehead atoms. The van der Waals surface area contributed by atoms with Gasteiger partial charge in [0, 0.05) is 17.2 Å². The summed E-state index contributed by atoms with van der Waals surface area (Å²) in [6.45, 7) is 16.6. The number of aryl methyl sites for hydroxylation is 1. The summed E-state index contributed by atoms with van der Waals surface area (Å²) in [5.74, 6) is 0.905. The zero-order valence-electron chi connectivity index (χ0n) is 14.5. The van der Waals surface area contributed by atoms with E-state index in [1.165, 1.54) is 0 Å². The zero-order valence-corrected chi connectivity index (χ0v) is 14.5. The van der Waals surface area contributed by atoms with Gasteiger partial charge in [0.25, 0.3) is 0 Å². The first-order valence-electron chi connectivity index (χ1n) is 7.52. The highest BCUT2D eigenvalue weighted by Crippen LogP contribution is 2.36. The normalized spacial score (nSPS) is 20.7. The molecular formula is C16H27BN2O2. The fourth-order valence-electron chi connectivity index (χ4n) is 2.19. The molecule has 0 atom stereocenters. The average Bonchev–Trinajstić information content (AvgIpc) is 2.49. The first-order chi connectivity index (χ1) is 9.41. The molecule has 1 aliphatic rings. The van der Waals surface area contributed by atoms with Gasteiger partial charge in [-0.2, -0.15) is 0 Å². The molecule has 0 radical (unpaired) electrons. The van der Waals surface area contributed by atoms with Crippen molar-refractivity contribution in [3.63, 3.8) is 0 Å². The Balaban J connectivity index is 2.22. The molecule has 1 fully saturated rings. The number of anilines is 1. The van der Waals surface area contributed by atoms with Crippen LogP contribution in [-0.4, -0.2) is 28.8 Å². The molecule has 0 aliphatic carbocycles. The third-order valence-corrected chi connectivity index (χ3v) is 4.12. The van der Waals surface area contributed by atoms with Crippen molar-refractivity contribution in [2.75, 3.05) is 5.32 Å². The second-order valence-corrected chi connectivity index (χ2v) is 7.90. The van der Waals surface area contributed by atoms with E-state index in [0.717, 1.165) is 16.8 Å². The van der Waals surface area contributed by atoms with Gasteiger partial charge in [0.1, 0.15) is 5.82 Å². The molecule has 5 heteroatoms. The minimum atomic E-state index is -0.357. The van der Waals surface area contributed by atoms with Gasteiger partial charge < -0.3 is 14.6 Å². The van der Waals surface area contributed by atoms with Crippen LogP contribution in [0.2, 0.25) is 0 Å². The van der Waals surface area contributed by atoms with Crippen LogP contribution in [-0.2, 0) is 9.31 Å². The minimum absolute atomic E-state index is 0.0103. The first kappa shape index (κ1) is 16.3. The highest BCUT2D eigenvalue weighted by Gasteiger charge is 2.51. The fourth-order valence-corrected chi connectivity index (χ4v) is 2.19. The molecule has 21 heavy (non-hydrogen) atoms. The smallest absolute Gasteiger partial charge is 0.399 e. The number of nitrogens with one attached hydrogen (secondary N) is 1. The number of nitrogens with zero attached hydrogens (tertiary/aromatic N) is 1. The zero-order chi connectivity index (χ0) is 16.1. The quantitative estimate of drug-likeness (QED) is 0.851. The molecule has 0 unspecified atom stereocenters. The Morgan fingerprint density at radius 3 is 2.05 bits per heavy atom. The van der Waals surface area contributed by atoms with Crippen LogP contribution in [0.25, 0.3) is 0 Å². The predicted molar refractivity (Wildman–Crippen MR) is 88.1 cm³/mol. The Bertz CT molecular complexity index is 520. The number of pyridine rings is 1. The second kappa shape index (κ2) is 4.99. The molecule has 0 saturated carbocycles. The van der Waals surface area contributed by atoms with Gasteiger partial charge in [-0.1, -0.05) is 6.07 Å². The molecule has 0 aromatic carbocycles. The van der Waals surface area contributed by atoms with Crippen LogP contribution in [0, 0.1) is 6.92 Å². The van der Waals surface area contributed by atoms with E-state index in [2.05, 4.69) is 71.8 Å². The van der Waals surface area contributed by atoms with E-state index >= 15 is 0 Å². The van der Waals surface area contributed by atoms with Gasteiger partial charge in [-0.25, -0.2) is 4.98 Å². The minimum Gasteiger partial charge on any atom is -0.399 e. The van der Waals surface area contributed by atoms with Crippen LogP contribution in [0.15, 0.2) is 12.3 Å². The molecule has 2 rings (SSSR count). The van der Waals surface area contributed by atoms with Crippen molar-refractivity contribution in [2.45, 2.75) is 72.1 Å². The third-order valence-electron chi connectivity index (χ3n) is 4.12. The SMILES string of the molecule is Cc1cc(B2OC(C)(C)C(C)(C)O2)cnc1NC(C)(C)C. The van der Waals surface area contributed by atoms with Crippen molar-refractivity contribution in [3.05, 3.63) is 17.8 Å². The summed E-state index contributed by atoms with van der Waals surface area (Å²) in [5, 5.41) is 3.41. The molecule has 4 nitrogen and oxygen atoms in total. The van der Waals surface area contributed by atoms with Crippen molar-refractivity contribution in [3.8, 4) is 0 Å². The predicted octanol–water partition coefficient (Wildman–Crippen LogP) is 2.90. The van der Waals surface area contributed by atoms with E-state index in [1.54, 1.807) is 0 Å². The fraction of sp³-hybridized carbons (Fsp3) is 0.688. The number of hydrogen-bond acceptors (Lipinski definition) is 4. The maximum Gasteiger partial charge on any atom is 0.496 e. The lowest BCUT2D eigenvalue weighted by Gasteiger charge is -2.32. The van der Waals surface area contributed by atoms with Crippen molar-refractivity contribution >= 4 is 18.4 Å². The van der Waals surface area contributed by atoms with E-state index in [4.69, 9.17) is 9.31 Å². The summed E-state index contributed by atoms with van der Waals surface area (Å²) < 4.78 is 12.1. The lowest BCUT2D eigenvalue weighted by molar-refractivity contribution is 0.00578. The van der Waals surface area contributed by atoms with Crippen molar-refractivity contribution in [1.82, 2.24) is 4.98 Å². The van der Waals surface area contributed by atoms with Crippen LogP contribution in [0.4, 0.5) is 5.82 Å². The van der Waals surface area contributed by atoms with Gasteiger partial charge in [-0.05, 0) is 61.0 Å². The highest BCUT2D eigenvalue weighted by atomic mass is 16.7. The second-order valence-electron chi connectivity index (χ2n) is 7.90. The average molecular weight is 290 g/mol. The summed E-state index contributed by atoms with van der Waals surface area (Å²) in [4.78, 5) is 4.53. The summed E-state index contributed by atoms with van der Waals surface area (Å²) in [6, 6.07) is 2.09. The lowest BCUT2D eigenvalue weighted by Crippen LogP contribution is -2.41. The van der Waals surface area contributed by atoms with Gasteiger partial charge in [-0.3, -0.25) is 0 Å². The molecule has 116 valence electrons. The first-order valence-corrected chi connectivity index (χ1v) is 7.52. The van der Waals surface area contributed by atoms with Gasteiger partial charge in [0.2, 0.25) is 0 Å². The Morgan fingerprint density at radius 2 is 1.62 bits per heavy atom. The monoisotopic (exact) mass is 290 g/mol. The molecule has 2 heterocycles. The Morgan fingerprint density at radius 1 is 1.10 bits per heavy atom. The Hall–Kier alpha value is -1.07. The van der Waals surface area contributed by atoms with Crippen LogP contribution in [0.1, 0.15) is 54.0 Å². The van der Waals surface area contributed by atoms with Crippen molar-refractivity contribution < 1.29 is 9.31 Å². The van der Waals surface area contributed by atoms with Gasteiger partial charge in [0.15, 0.2) is 0 Å². The molecule has 0 amide bonds. The Labute approximate surface area is 128 Å². The van der Waals surface area contributed by atoms with E-state index in [0.29, 0.717) is 0 Å². The maximum atomic E-state index is 6.06. The van der Waals surface area contributed by atoms with E-state index in [9.17, 15) is 0 Å². The molecule has 1 aromatic heterocycles. The summed E-state index contributed by atoms with van der Waals surface area (Å²) in [5.41, 5.74) is 1.40. The van der Waals surface area contributed by atoms with E-state index in [-0.39, 0.29) is 23.9 Å². The number of rotatable bonds is 2. The largest absolute Gasteiger partial charge is 0.496 e. The molecule has 1 N–H and O–H groups in total. The molecular weight excluding hydrogens is 263 g/mol. The third kappa shape index (κ3) is 3.41. The summed E-state index contributed by atoms with van der Waals surface area (Å²) in [6.07, 6.45) is 1.84. The maximum absolute atomic E-state index is 6.06. The van der Waals surface area contributed by atoms with Crippen LogP contribution >= 0.6 is 0 Å². The topological polar surface area (TPSA) is 43.4 Å². The molecule has 1 saturated heterocycles. The number of hydrogen-bond donors (Lipinski definition) is 1. The standard InChI is InChI=1S/C16H27BN2O2/c1-11-9-12(10-18-13(11)19-14(2,3)4)17-20-15(5,6)16(7,8)21-17/h9-10H,1-8H3,(H,18,19). The van der Waals surface area contributed by atoms with Crippen LogP contribution in [0.3, 0.4) is 0 Å². The van der Waals surface area contributed by atoms with E-state index in [1.807, 2.05) is 6.20 Å². The molecule has 1 aliphatic heterocycles. The Kier molecular flexibility index (Phi) is 3.88. The lowest BCUT2D eigenvalue weighted by atomic mass is 9.79. The highest BCUT2D eigenvalue weighted by molar-refractivity contribution is 6.62. The molecule has 1 aromatic rings. The van der Waals surface area contributed by atoms with Gasteiger partial charge in [-0.15, -0.1) is 0 Å². The van der Waals surface area contributed by atoms with Crippen LogP contribution in [0.5, 0.6) is 0 Å². The number of aromatic nitrogens is 1. The summed E-state index contributed by atoms with van der Waals surface area (Å²) >= 11 is 0. The van der Waals surface area contributed by atoms with Gasteiger partial charge >= 0.3 is 7.12 Å². The van der Waals surface area contributed by atoms with E-state index < -0.39 is 0 Å². The molecule has 0 spiro atoms. The van der Waals surface area contributed by atoms with Crippen molar-refractivity contribution in [2.24, 2.45) is 0 Å².